The van der Waals surface area contributed by atoms with E-state index >= 15 is 0 Å². The standard InChI is InChI=1S/C29H41N5/c1-6-8-23(4)29(31-5)18-27(7-2)34-21-25(19-32-34)20-33(16-14-30)15-13-24-10-12-28-22(3)9-11-26(28)17-24/h6-7,10,12,17-19,21-22,31H,1,4,8-9,11,13-16,20,30H2,2-3,5H3/b27-7+,29-18+. The molecule has 0 radical (unpaired) electrons. The third kappa shape index (κ3) is 6.58. The van der Waals surface area contributed by atoms with Crippen molar-refractivity contribution in [2.75, 3.05) is 26.7 Å². The van der Waals surface area contributed by atoms with Gasteiger partial charge in [0.15, 0.2) is 0 Å². The highest BCUT2D eigenvalue weighted by Crippen LogP contribution is 2.33. The topological polar surface area (TPSA) is 59.1 Å². The Balaban J connectivity index is 1.66. The van der Waals surface area contributed by atoms with E-state index in [0.29, 0.717) is 12.5 Å². The van der Waals surface area contributed by atoms with Crippen molar-refractivity contribution in [2.24, 2.45) is 5.73 Å². The summed E-state index contributed by atoms with van der Waals surface area (Å²) in [7, 11) is 1.91. The predicted octanol–water partition coefficient (Wildman–Crippen LogP) is 5.03. The van der Waals surface area contributed by atoms with Gasteiger partial charge >= 0.3 is 0 Å². The van der Waals surface area contributed by atoms with Gasteiger partial charge in [0.1, 0.15) is 0 Å². The average Bonchev–Trinajstić information content (AvgIpc) is 3.45. The van der Waals surface area contributed by atoms with Crippen molar-refractivity contribution in [3.8, 4) is 0 Å². The van der Waals surface area contributed by atoms with Crippen LogP contribution in [0, 0.1) is 0 Å². The van der Waals surface area contributed by atoms with Gasteiger partial charge in [0.2, 0.25) is 0 Å². The van der Waals surface area contributed by atoms with Gasteiger partial charge in [-0.05, 0) is 66.9 Å². The molecule has 34 heavy (non-hydrogen) atoms. The summed E-state index contributed by atoms with van der Waals surface area (Å²) in [5.41, 5.74) is 14.6. The van der Waals surface area contributed by atoms with Crippen LogP contribution in [0.3, 0.4) is 0 Å². The van der Waals surface area contributed by atoms with Crippen LogP contribution in [0.5, 0.6) is 0 Å². The van der Waals surface area contributed by atoms with Gasteiger partial charge in [0.25, 0.3) is 0 Å². The minimum atomic E-state index is 0.648. The molecule has 3 N–H and O–H groups in total. The number of aryl methyl sites for hydroxylation is 1. The van der Waals surface area contributed by atoms with E-state index in [4.69, 9.17) is 5.73 Å². The molecule has 0 fully saturated rings. The molecule has 0 bridgehead atoms. The van der Waals surface area contributed by atoms with Crippen LogP contribution in [0.4, 0.5) is 0 Å². The first-order valence-corrected chi connectivity index (χ1v) is 12.4. The summed E-state index contributed by atoms with van der Waals surface area (Å²) >= 11 is 0. The van der Waals surface area contributed by atoms with Gasteiger partial charge in [-0.2, -0.15) is 5.10 Å². The number of nitrogens with zero attached hydrogens (tertiary/aromatic N) is 3. The SMILES string of the molecule is C=CCC(=C)/C(=C\C(=C/C)n1cc(CN(CCN)CCc2ccc3c(c2)CCC3C)cn1)NC. The van der Waals surface area contributed by atoms with Gasteiger partial charge in [-0.25, -0.2) is 4.68 Å². The monoisotopic (exact) mass is 459 g/mol. The fourth-order valence-corrected chi connectivity index (χ4v) is 4.69. The maximum absolute atomic E-state index is 5.94. The summed E-state index contributed by atoms with van der Waals surface area (Å²) in [6.45, 7) is 15.7. The molecular formula is C29H41N5. The van der Waals surface area contributed by atoms with Gasteiger partial charge < -0.3 is 11.1 Å². The van der Waals surface area contributed by atoms with E-state index in [1.807, 2.05) is 30.9 Å². The van der Waals surface area contributed by atoms with Crippen molar-refractivity contribution in [3.63, 3.8) is 0 Å². The largest absolute Gasteiger partial charge is 0.388 e. The molecule has 1 heterocycles. The van der Waals surface area contributed by atoms with Crippen LogP contribution < -0.4 is 11.1 Å². The number of hydrogen-bond acceptors (Lipinski definition) is 4. The minimum Gasteiger partial charge on any atom is -0.388 e. The highest BCUT2D eigenvalue weighted by atomic mass is 15.3. The number of aromatic nitrogens is 2. The zero-order valence-corrected chi connectivity index (χ0v) is 21.2. The number of rotatable bonds is 13. The Morgan fingerprint density at radius 3 is 2.85 bits per heavy atom. The number of likely N-dealkylation sites (N-methyl/N-ethyl adjacent to an activating group) is 1. The lowest BCUT2D eigenvalue weighted by Gasteiger charge is -2.21. The Kier molecular flexibility index (Phi) is 9.49. The molecule has 182 valence electrons. The first kappa shape index (κ1) is 25.7. The molecule has 1 aliphatic rings. The molecule has 0 spiro atoms. The molecule has 0 saturated carbocycles. The van der Waals surface area contributed by atoms with Crippen LogP contribution in [0.25, 0.3) is 5.70 Å². The Hall–Kier alpha value is -2.89. The fourth-order valence-electron chi connectivity index (χ4n) is 4.69. The summed E-state index contributed by atoms with van der Waals surface area (Å²) in [6.07, 6.45) is 14.3. The number of hydrogen-bond donors (Lipinski definition) is 2. The molecule has 1 aromatic carbocycles. The number of allylic oxidation sites excluding steroid dienone is 5. The van der Waals surface area contributed by atoms with Crippen molar-refractivity contribution >= 4 is 5.70 Å². The van der Waals surface area contributed by atoms with E-state index in [2.05, 4.69) is 71.9 Å². The van der Waals surface area contributed by atoms with E-state index in [0.717, 1.165) is 49.4 Å². The molecule has 1 atom stereocenters. The van der Waals surface area contributed by atoms with Crippen LogP contribution in [0.15, 0.2) is 73.2 Å². The highest BCUT2D eigenvalue weighted by molar-refractivity contribution is 5.59. The third-order valence-corrected chi connectivity index (χ3v) is 6.68. The lowest BCUT2D eigenvalue weighted by Crippen LogP contribution is -2.31. The second-order valence-electron chi connectivity index (χ2n) is 9.20. The van der Waals surface area contributed by atoms with Gasteiger partial charge in [-0.15, -0.1) is 6.58 Å². The van der Waals surface area contributed by atoms with Crippen molar-refractivity contribution in [2.45, 2.75) is 52.0 Å². The predicted molar refractivity (Wildman–Crippen MR) is 144 cm³/mol. The van der Waals surface area contributed by atoms with Crippen molar-refractivity contribution in [1.29, 1.82) is 0 Å². The van der Waals surface area contributed by atoms with Crippen LogP contribution in [0.1, 0.15) is 54.9 Å². The molecule has 2 aromatic rings. The van der Waals surface area contributed by atoms with Crippen LogP contribution in [-0.2, 0) is 19.4 Å². The molecule has 5 nitrogen and oxygen atoms in total. The molecule has 0 saturated heterocycles. The van der Waals surface area contributed by atoms with E-state index in [-0.39, 0.29) is 0 Å². The van der Waals surface area contributed by atoms with E-state index in [1.54, 1.807) is 11.1 Å². The van der Waals surface area contributed by atoms with Gasteiger partial charge in [0, 0.05) is 50.7 Å². The van der Waals surface area contributed by atoms with Crippen LogP contribution in [0.2, 0.25) is 0 Å². The summed E-state index contributed by atoms with van der Waals surface area (Å²) < 4.78 is 1.93. The van der Waals surface area contributed by atoms with E-state index in [9.17, 15) is 0 Å². The van der Waals surface area contributed by atoms with E-state index < -0.39 is 0 Å². The second kappa shape index (κ2) is 12.5. The minimum absolute atomic E-state index is 0.648. The summed E-state index contributed by atoms with van der Waals surface area (Å²) in [6, 6.07) is 7.07. The molecule has 1 aromatic heterocycles. The van der Waals surface area contributed by atoms with Gasteiger partial charge in [-0.3, -0.25) is 4.90 Å². The molecule has 5 heteroatoms. The van der Waals surface area contributed by atoms with E-state index in [1.165, 1.54) is 24.0 Å². The number of nitrogens with two attached hydrogens (primary N) is 1. The third-order valence-electron chi connectivity index (χ3n) is 6.68. The maximum atomic E-state index is 5.94. The van der Waals surface area contributed by atoms with Crippen molar-refractivity contribution in [3.05, 3.63) is 95.5 Å². The van der Waals surface area contributed by atoms with Crippen molar-refractivity contribution in [1.82, 2.24) is 20.0 Å². The summed E-state index contributed by atoms with van der Waals surface area (Å²) in [5.74, 6) is 0.704. The van der Waals surface area contributed by atoms with Gasteiger partial charge in [0.05, 0.1) is 11.9 Å². The zero-order valence-electron chi connectivity index (χ0n) is 21.2. The second-order valence-corrected chi connectivity index (χ2v) is 9.20. The van der Waals surface area contributed by atoms with Crippen molar-refractivity contribution < 1.29 is 0 Å². The lowest BCUT2D eigenvalue weighted by molar-refractivity contribution is 0.276. The first-order chi connectivity index (χ1) is 16.5. The number of benzene rings is 1. The molecule has 0 amide bonds. The average molecular weight is 460 g/mol. The highest BCUT2D eigenvalue weighted by Gasteiger charge is 2.18. The van der Waals surface area contributed by atoms with Crippen LogP contribution >= 0.6 is 0 Å². The van der Waals surface area contributed by atoms with Crippen LogP contribution in [-0.4, -0.2) is 41.4 Å². The summed E-state index contributed by atoms with van der Waals surface area (Å²) in [5, 5.41) is 7.86. The molecule has 1 unspecified atom stereocenters. The number of nitrogens with one attached hydrogen (secondary N) is 1. The Bertz CT molecular complexity index is 1040. The Labute approximate surface area is 205 Å². The molecule has 1 aliphatic carbocycles. The Morgan fingerprint density at radius 2 is 2.15 bits per heavy atom. The number of fused-ring (bicyclic) bond motifs is 1. The fraction of sp³-hybridized carbons (Fsp3) is 0.414. The smallest absolute Gasteiger partial charge is 0.0623 e. The molecule has 3 rings (SSSR count). The maximum Gasteiger partial charge on any atom is 0.0623 e. The lowest BCUT2D eigenvalue weighted by atomic mass is 10.0. The quantitative estimate of drug-likeness (QED) is 0.326. The van der Waals surface area contributed by atoms with Gasteiger partial charge in [-0.1, -0.05) is 43.9 Å². The zero-order chi connectivity index (χ0) is 24.5. The molecular weight excluding hydrogens is 418 g/mol. The first-order valence-electron chi connectivity index (χ1n) is 12.4. The Morgan fingerprint density at radius 1 is 1.32 bits per heavy atom. The molecule has 0 aliphatic heterocycles. The summed E-state index contributed by atoms with van der Waals surface area (Å²) in [4.78, 5) is 2.42. The normalized spacial score (nSPS) is 16.1.